The van der Waals surface area contributed by atoms with Crippen LogP contribution in [0.2, 0.25) is 0 Å². The lowest BCUT2D eigenvalue weighted by atomic mass is 10.1. The average Bonchev–Trinajstić information content (AvgIpc) is 4.11. The Morgan fingerprint density at radius 1 is 0.418 bits per heavy atom. The summed E-state index contributed by atoms with van der Waals surface area (Å²) in [5.74, 6) is 2.70. The molecule has 2 aromatic carbocycles. The fourth-order valence-electron chi connectivity index (χ4n) is 5.27. The van der Waals surface area contributed by atoms with Crippen LogP contribution < -0.4 is 0 Å². The number of H-pyrrole nitrogens is 2. The third-order valence-corrected chi connectivity index (χ3v) is 8.53. The summed E-state index contributed by atoms with van der Waals surface area (Å²) in [6.45, 7) is 15.9. The van der Waals surface area contributed by atoms with Crippen molar-refractivity contribution in [2.24, 2.45) is 0 Å². The first kappa shape index (κ1) is 53.2. The van der Waals surface area contributed by atoms with E-state index in [2.05, 4.69) is 96.0 Å². The second kappa shape index (κ2) is 33.4. The molecule has 0 aliphatic carbocycles. The number of hydrogen-bond acceptors (Lipinski definition) is 11. The summed E-state index contributed by atoms with van der Waals surface area (Å²) in [6, 6.07) is 40.0. The maximum atomic E-state index is 4.15. The fourth-order valence-corrected chi connectivity index (χ4v) is 5.27. The molecule has 13 nitrogen and oxygen atoms in total. The maximum Gasteiger partial charge on any atom is 0.177 e. The molecule has 11 rings (SSSR count). The first-order chi connectivity index (χ1) is 32.6. The van der Waals surface area contributed by atoms with E-state index in [4.69, 9.17) is 0 Å². The van der Waals surface area contributed by atoms with E-state index in [1.165, 1.54) is 22.3 Å². The van der Waals surface area contributed by atoms with E-state index >= 15 is 0 Å². The zero-order valence-electron chi connectivity index (χ0n) is 39.9. The molecule has 0 bridgehead atoms. The topological polar surface area (TPSA) is 164 Å². The van der Waals surface area contributed by atoms with E-state index in [0.29, 0.717) is 0 Å². The van der Waals surface area contributed by atoms with Gasteiger partial charge in [-0.15, -0.1) is 0 Å². The minimum Gasteiger partial charge on any atom is -0.349 e. The summed E-state index contributed by atoms with van der Waals surface area (Å²) in [6.07, 6.45) is 22.7. The molecule has 67 heavy (non-hydrogen) atoms. The summed E-state index contributed by atoms with van der Waals surface area (Å²) in [5.41, 5.74) is 9.28. The Kier molecular flexibility index (Phi) is 26.5. The van der Waals surface area contributed by atoms with Crippen molar-refractivity contribution in [1.29, 1.82) is 0 Å². The maximum absolute atomic E-state index is 4.15. The van der Waals surface area contributed by atoms with Gasteiger partial charge in [0.05, 0.1) is 11.2 Å². The first-order valence-electron chi connectivity index (χ1n) is 21.6. The van der Waals surface area contributed by atoms with Gasteiger partial charge in [0.15, 0.2) is 5.65 Å². The highest BCUT2D eigenvalue weighted by Crippen LogP contribution is 2.19. The van der Waals surface area contributed by atoms with Gasteiger partial charge in [0.2, 0.25) is 0 Å². The predicted molar refractivity (Wildman–Crippen MR) is 270 cm³/mol. The molecule has 0 atom stereocenters. The SMILES string of the molecule is CN1Cc2ccccc2C1.Cc1ccccn1.Cc1cccnc1.Cc1ccncc1.Cc1cnccn1.Cc1nc2ncccc2[nH]1.Cc1ncc[nH]1.Cc1ncccn1.c1ccccc1. The number of imidazole rings is 2. The number of aromatic amines is 2. The van der Waals surface area contributed by atoms with E-state index in [1.807, 2.05) is 146 Å². The monoisotopic (exact) mass is 894 g/mol. The molecule has 0 fully saturated rings. The standard InChI is InChI=1S/C9H11N.C7H7N3.3C6H7N.C6H6.2C5H6N2.C4H6N2/c1-10-6-8-4-2-3-5-9(8)7-10;1-5-9-6-3-2-4-8-7(6)10-5;1-6-2-4-7-5-3-6;1-6-3-2-4-7-5-6;1-6-4-2-3-5-7-6;1-2-4-6-5-3-1;1-5-4-6-2-3-7-5;1-5-6-3-2-4-7-5;1-4-5-2-3-6-4/h2-5H,6-7H2,1H3;2-4H,1H3,(H,8,9,10);3*2-5H,1H3;1-6H;2*2-4H,1H3;2-3H,1H3,(H,5,6). The number of nitrogens with one attached hydrogen (secondary N) is 2. The van der Waals surface area contributed by atoms with Crippen LogP contribution >= 0.6 is 0 Å². The lowest BCUT2D eigenvalue weighted by Crippen LogP contribution is -2.07. The largest absolute Gasteiger partial charge is 0.349 e. The molecule has 0 saturated carbocycles. The molecule has 0 unspecified atom stereocenters. The molecule has 1 aliphatic rings. The first-order valence-corrected chi connectivity index (χ1v) is 21.6. The van der Waals surface area contributed by atoms with Crippen LogP contribution in [0.5, 0.6) is 0 Å². The van der Waals surface area contributed by atoms with Crippen LogP contribution in [-0.4, -0.2) is 71.8 Å². The minimum absolute atomic E-state index is 0.792. The predicted octanol–water partition coefficient (Wildman–Crippen LogP) is 11.0. The molecule has 13 heteroatoms. The van der Waals surface area contributed by atoms with Crippen molar-refractivity contribution in [2.45, 2.75) is 61.6 Å². The molecule has 0 saturated heterocycles. The zero-order valence-corrected chi connectivity index (χ0v) is 39.9. The van der Waals surface area contributed by atoms with Crippen LogP contribution in [0.3, 0.4) is 0 Å². The summed E-state index contributed by atoms with van der Waals surface area (Å²) in [5, 5.41) is 0. The van der Waals surface area contributed by atoms with Crippen LogP contribution in [0.15, 0.2) is 202 Å². The zero-order chi connectivity index (χ0) is 48.2. The molecule has 10 aromatic rings. The Morgan fingerprint density at radius 2 is 1.01 bits per heavy atom. The van der Waals surface area contributed by atoms with Gasteiger partial charge in [0.25, 0.3) is 0 Å². The Bertz CT molecular complexity index is 2350. The third-order valence-electron chi connectivity index (χ3n) is 8.53. The summed E-state index contributed by atoms with van der Waals surface area (Å²) >= 11 is 0. The molecule has 1 aliphatic heterocycles. The number of nitrogens with zero attached hydrogens (tertiary/aromatic N) is 11. The van der Waals surface area contributed by atoms with E-state index in [-0.39, 0.29) is 0 Å². The highest BCUT2D eigenvalue weighted by atomic mass is 15.1. The van der Waals surface area contributed by atoms with Gasteiger partial charge in [-0.1, -0.05) is 72.8 Å². The molecule has 0 amide bonds. The lowest BCUT2D eigenvalue weighted by molar-refractivity contribution is 0.353. The highest BCUT2D eigenvalue weighted by molar-refractivity contribution is 5.69. The number of rotatable bonds is 0. The Morgan fingerprint density at radius 3 is 1.39 bits per heavy atom. The Hall–Kier alpha value is -8.16. The molecule has 8 aromatic heterocycles. The van der Waals surface area contributed by atoms with Crippen LogP contribution in [0.4, 0.5) is 0 Å². The van der Waals surface area contributed by atoms with Crippen molar-refractivity contribution in [3.05, 3.63) is 253 Å². The van der Waals surface area contributed by atoms with Gasteiger partial charge in [-0.05, 0) is 126 Å². The van der Waals surface area contributed by atoms with Crippen LogP contribution in [0.25, 0.3) is 11.2 Å². The number of benzene rings is 2. The molecule has 2 N–H and O–H groups in total. The normalized spacial score (nSPS) is 10.2. The van der Waals surface area contributed by atoms with E-state index in [0.717, 1.165) is 53.1 Å². The number of pyridine rings is 4. The van der Waals surface area contributed by atoms with Crippen LogP contribution in [0, 0.1) is 48.5 Å². The molecular formula is C54H63N13. The van der Waals surface area contributed by atoms with E-state index in [1.54, 1.807) is 80.4 Å². The van der Waals surface area contributed by atoms with E-state index < -0.39 is 0 Å². The highest BCUT2D eigenvalue weighted by Gasteiger charge is 2.13. The quantitative estimate of drug-likeness (QED) is 0.149. The fraction of sp³-hybridized carbons (Fsp3) is 0.185. The second-order valence-corrected chi connectivity index (χ2v) is 14.6. The Balaban J connectivity index is 0.000000201. The van der Waals surface area contributed by atoms with Crippen molar-refractivity contribution in [3.8, 4) is 0 Å². The van der Waals surface area contributed by atoms with Crippen molar-refractivity contribution >= 4 is 11.2 Å². The smallest absolute Gasteiger partial charge is 0.177 e. The minimum atomic E-state index is 0.792. The second-order valence-electron chi connectivity index (χ2n) is 14.6. The molecule has 9 heterocycles. The van der Waals surface area contributed by atoms with Gasteiger partial charge in [-0.2, -0.15) is 0 Å². The number of hydrogen-bond donors (Lipinski definition) is 2. The van der Waals surface area contributed by atoms with Crippen molar-refractivity contribution in [2.75, 3.05) is 7.05 Å². The van der Waals surface area contributed by atoms with Crippen molar-refractivity contribution in [1.82, 2.24) is 64.7 Å². The van der Waals surface area contributed by atoms with Gasteiger partial charge in [-0.25, -0.2) is 24.9 Å². The summed E-state index contributed by atoms with van der Waals surface area (Å²) in [7, 11) is 2.15. The van der Waals surface area contributed by atoms with Crippen LogP contribution in [0.1, 0.15) is 51.1 Å². The molecule has 344 valence electrons. The number of aryl methyl sites for hydroxylation is 7. The van der Waals surface area contributed by atoms with Gasteiger partial charge in [0, 0.05) is 99.3 Å². The number of fused-ring (bicyclic) bond motifs is 2. The molecule has 0 spiro atoms. The Labute approximate surface area is 396 Å². The summed E-state index contributed by atoms with van der Waals surface area (Å²) in [4.78, 5) is 47.5. The number of aromatic nitrogens is 12. The van der Waals surface area contributed by atoms with Gasteiger partial charge in [0.1, 0.15) is 17.5 Å². The van der Waals surface area contributed by atoms with Gasteiger partial charge >= 0.3 is 0 Å². The van der Waals surface area contributed by atoms with Gasteiger partial charge in [-0.3, -0.25) is 29.8 Å². The average molecular weight is 894 g/mol. The van der Waals surface area contributed by atoms with Crippen molar-refractivity contribution in [3.63, 3.8) is 0 Å². The van der Waals surface area contributed by atoms with E-state index in [9.17, 15) is 0 Å². The van der Waals surface area contributed by atoms with Gasteiger partial charge < -0.3 is 9.97 Å². The molecular weight excluding hydrogens is 831 g/mol. The third kappa shape index (κ3) is 26.3. The van der Waals surface area contributed by atoms with Crippen LogP contribution in [-0.2, 0) is 13.1 Å². The van der Waals surface area contributed by atoms with Crippen molar-refractivity contribution < 1.29 is 0 Å². The summed E-state index contributed by atoms with van der Waals surface area (Å²) < 4.78 is 0. The molecule has 0 radical (unpaired) electrons. The lowest BCUT2D eigenvalue weighted by Gasteiger charge is -2.02.